The number of nitrogens with one attached hydrogen (secondary N) is 1. The van der Waals surface area contributed by atoms with E-state index >= 15 is 0 Å². The van der Waals surface area contributed by atoms with Crippen LogP contribution in [-0.2, 0) is 11.4 Å². The molecule has 3 aromatic rings. The fourth-order valence-corrected chi connectivity index (χ4v) is 4.85. The van der Waals surface area contributed by atoms with Gasteiger partial charge in [-0.05, 0) is 88.2 Å². The minimum absolute atomic E-state index is 0.203. The van der Waals surface area contributed by atoms with Crippen LogP contribution in [0.3, 0.4) is 0 Å². The average molecular weight is 578 g/mol. The Morgan fingerprint density at radius 1 is 1.09 bits per heavy atom. The summed E-state index contributed by atoms with van der Waals surface area (Å²) in [5.74, 6) is 0.866. The predicted octanol–water partition coefficient (Wildman–Crippen LogP) is 7.54. The Hall–Kier alpha value is -2.45. The van der Waals surface area contributed by atoms with Gasteiger partial charge >= 0.3 is 0 Å². The number of carbonyl (C=O) groups excluding carboxylic acids is 1. The highest BCUT2D eigenvalue weighted by Gasteiger charge is 2.24. The zero-order chi connectivity index (χ0) is 24.2. The number of ether oxygens (including phenoxy) is 2. The van der Waals surface area contributed by atoms with E-state index in [9.17, 15) is 4.79 Å². The van der Waals surface area contributed by atoms with Crippen LogP contribution in [0.2, 0.25) is 10.0 Å². The van der Waals surface area contributed by atoms with E-state index in [-0.39, 0.29) is 12.5 Å². The first-order valence-electron chi connectivity index (χ1n) is 10.1. The number of aryl methyl sites for hydroxylation is 1. The van der Waals surface area contributed by atoms with Gasteiger partial charge in [0.25, 0.3) is 5.91 Å². The number of hydrogen-bond acceptors (Lipinski definition) is 5. The Morgan fingerprint density at radius 2 is 1.85 bits per heavy atom. The molecule has 174 valence electrons. The monoisotopic (exact) mass is 576 g/mol. The summed E-state index contributed by atoms with van der Waals surface area (Å²) in [5, 5.41) is 4.30. The number of benzene rings is 3. The first-order valence-corrected chi connectivity index (χ1v) is 12.5. The highest BCUT2D eigenvalue weighted by Crippen LogP contribution is 2.39. The van der Waals surface area contributed by atoms with E-state index in [0.29, 0.717) is 36.1 Å². The van der Waals surface area contributed by atoms with Gasteiger partial charge in [0, 0.05) is 0 Å². The van der Waals surface area contributed by atoms with Crippen LogP contribution in [0.15, 0.2) is 69.0 Å². The lowest BCUT2D eigenvalue weighted by Crippen LogP contribution is -2.19. The molecular formula is C25H19BrCl2N2O3S. The molecule has 5 nitrogen and oxygen atoms in total. The quantitative estimate of drug-likeness (QED) is 0.307. The highest BCUT2D eigenvalue weighted by atomic mass is 79.9. The third-order valence-corrected chi connectivity index (χ3v) is 7.07. The molecule has 0 spiro atoms. The maximum absolute atomic E-state index is 12.5. The number of thioether (sulfide) groups is 1. The van der Waals surface area contributed by atoms with Gasteiger partial charge in [0.1, 0.15) is 6.61 Å². The third-order valence-electron chi connectivity index (χ3n) is 4.83. The molecule has 0 atom stereocenters. The van der Waals surface area contributed by atoms with Gasteiger partial charge in [-0.15, -0.1) is 0 Å². The molecule has 1 N–H and O–H groups in total. The van der Waals surface area contributed by atoms with Crippen molar-refractivity contribution in [3.63, 3.8) is 0 Å². The summed E-state index contributed by atoms with van der Waals surface area (Å²) in [6, 6.07) is 16.8. The molecule has 34 heavy (non-hydrogen) atoms. The fraction of sp³-hybridized carbons (Fsp3) is 0.120. The number of aliphatic imine (C=N–C) groups is 1. The van der Waals surface area contributed by atoms with E-state index in [2.05, 4.69) is 26.2 Å². The molecule has 3 aromatic carbocycles. The topological polar surface area (TPSA) is 59.9 Å². The van der Waals surface area contributed by atoms with Crippen molar-refractivity contribution in [1.82, 2.24) is 5.32 Å². The van der Waals surface area contributed by atoms with Gasteiger partial charge < -0.3 is 14.8 Å². The Morgan fingerprint density at radius 3 is 2.56 bits per heavy atom. The third kappa shape index (κ3) is 5.96. The lowest BCUT2D eigenvalue weighted by molar-refractivity contribution is -0.115. The van der Waals surface area contributed by atoms with Gasteiger partial charge in [0.2, 0.25) is 0 Å². The molecule has 9 heteroatoms. The zero-order valence-electron chi connectivity index (χ0n) is 18.2. The molecule has 1 fully saturated rings. The number of halogens is 3. The number of amides is 1. The second-order valence-corrected chi connectivity index (χ2v) is 10.1. The summed E-state index contributed by atoms with van der Waals surface area (Å²) in [6.45, 7) is 2.29. The molecule has 1 aliphatic heterocycles. The van der Waals surface area contributed by atoms with Crippen LogP contribution in [0.5, 0.6) is 11.5 Å². The summed E-state index contributed by atoms with van der Waals surface area (Å²) in [7, 11) is 1.56. The van der Waals surface area contributed by atoms with Gasteiger partial charge in [-0.25, -0.2) is 4.99 Å². The van der Waals surface area contributed by atoms with Gasteiger partial charge in [0.05, 0.1) is 32.2 Å². The van der Waals surface area contributed by atoms with Crippen molar-refractivity contribution in [3.8, 4) is 11.5 Å². The molecule has 0 bridgehead atoms. The van der Waals surface area contributed by atoms with Crippen molar-refractivity contribution < 1.29 is 14.3 Å². The van der Waals surface area contributed by atoms with Crippen LogP contribution >= 0.6 is 50.9 Å². The number of carbonyl (C=O) groups is 1. The summed E-state index contributed by atoms with van der Waals surface area (Å²) < 4.78 is 12.2. The minimum atomic E-state index is -0.203. The Kier molecular flexibility index (Phi) is 7.88. The van der Waals surface area contributed by atoms with E-state index in [4.69, 9.17) is 32.7 Å². The molecule has 0 aromatic heterocycles. The van der Waals surface area contributed by atoms with Crippen LogP contribution < -0.4 is 14.8 Å². The van der Waals surface area contributed by atoms with Gasteiger partial charge in [-0.2, -0.15) is 0 Å². The van der Waals surface area contributed by atoms with Gasteiger partial charge in [-0.3, -0.25) is 4.79 Å². The Bertz CT molecular complexity index is 1310. The van der Waals surface area contributed by atoms with Crippen molar-refractivity contribution in [2.45, 2.75) is 13.5 Å². The number of amidine groups is 1. The molecule has 1 aliphatic rings. The Labute approximate surface area is 220 Å². The summed E-state index contributed by atoms with van der Waals surface area (Å²) in [4.78, 5) is 17.5. The van der Waals surface area contributed by atoms with Crippen molar-refractivity contribution in [1.29, 1.82) is 0 Å². The molecule has 4 rings (SSSR count). The lowest BCUT2D eigenvalue weighted by atomic mass is 10.2. The SMILES string of the molecule is COc1cc(/C=C2/SC(=Nc3ccc(C)cc3)NC2=O)cc(Br)c1OCc1ccc(Cl)c(Cl)c1. The van der Waals surface area contributed by atoms with Gasteiger partial charge in [-0.1, -0.05) is 47.0 Å². The van der Waals surface area contributed by atoms with E-state index in [1.165, 1.54) is 11.8 Å². The van der Waals surface area contributed by atoms with Crippen LogP contribution in [-0.4, -0.2) is 18.2 Å². The number of methoxy groups -OCH3 is 1. The summed E-state index contributed by atoms with van der Waals surface area (Å²) >= 11 is 16.9. The Balaban J connectivity index is 1.53. The predicted molar refractivity (Wildman–Crippen MR) is 143 cm³/mol. The van der Waals surface area contributed by atoms with Crippen molar-refractivity contribution >= 4 is 73.7 Å². The summed E-state index contributed by atoms with van der Waals surface area (Å²) in [5.41, 5.74) is 3.58. The van der Waals surface area contributed by atoms with Crippen LogP contribution in [0.1, 0.15) is 16.7 Å². The maximum Gasteiger partial charge on any atom is 0.264 e. The first kappa shape index (κ1) is 24.7. The standard InChI is InChI=1S/C25H19BrCl2N2O3S/c1-14-3-6-17(7-4-14)29-25-30-24(31)22(34-25)12-16-9-18(26)23(21(11-16)32-2)33-13-15-5-8-19(27)20(28)10-15/h3-12H,13H2,1-2H3,(H,29,30,31)/b22-12+. The lowest BCUT2D eigenvalue weighted by Gasteiger charge is -2.14. The van der Waals surface area contributed by atoms with E-state index in [1.807, 2.05) is 49.4 Å². The first-order chi connectivity index (χ1) is 16.3. The molecule has 1 heterocycles. The second-order valence-electron chi connectivity index (χ2n) is 7.39. The molecule has 1 amide bonds. The zero-order valence-corrected chi connectivity index (χ0v) is 22.1. The van der Waals surface area contributed by atoms with Crippen molar-refractivity contribution in [2.75, 3.05) is 7.11 Å². The molecule has 0 aliphatic carbocycles. The molecule has 0 unspecified atom stereocenters. The number of nitrogens with zero attached hydrogens (tertiary/aromatic N) is 1. The molecular weight excluding hydrogens is 559 g/mol. The number of hydrogen-bond donors (Lipinski definition) is 1. The molecule has 1 saturated heterocycles. The van der Waals surface area contributed by atoms with Crippen molar-refractivity contribution in [2.24, 2.45) is 4.99 Å². The molecule has 0 radical (unpaired) electrons. The summed E-state index contributed by atoms with van der Waals surface area (Å²) in [6.07, 6.45) is 1.79. The fourth-order valence-electron chi connectivity index (χ4n) is 3.12. The van der Waals surface area contributed by atoms with Crippen LogP contribution in [0, 0.1) is 6.92 Å². The van der Waals surface area contributed by atoms with E-state index < -0.39 is 0 Å². The molecule has 0 saturated carbocycles. The normalized spacial score (nSPS) is 15.6. The largest absolute Gasteiger partial charge is 0.493 e. The highest BCUT2D eigenvalue weighted by molar-refractivity contribution is 9.10. The van der Waals surface area contributed by atoms with Crippen LogP contribution in [0.25, 0.3) is 6.08 Å². The van der Waals surface area contributed by atoms with Crippen molar-refractivity contribution in [3.05, 3.63) is 90.7 Å². The maximum atomic E-state index is 12.5. The number of rotatable bonds is 6. The average Bonchev–Trinajstić information content (AvgIpc) is 3.15. The van der Waals surface area contributed by atoms with Gasteiger partial charge in [0.15, 0.2) is 16.7 Å². The minimum Gasteiger partial charge on any atom is -0.493 e. The van der Waals surface area contributed by atoms with E-state index in [0.717, 1.165) is 22.4 Å². The smallest absolute Gasteiger partial charge is 0.264 e. The second kappa shape index (κ2) is 10.9. The van der Waals surface area contributed by atoms with E-state index in [1.54, 1.807) is 25.3 Å². The van der Waals surface area contributed by atoms with Crippen LogP contribution in [0.4, 0.5) is 5.69 Å².